The van der Waals surface area contributed by atoms with Crippen molar-refractivity contribution in [1.29, 1.82) is 0 Å². The van der Waals surface area contributed by atoms with Gasteiger partial charge in [-0.05, 0) is 13.0 Å². The first kappa shape index (κ1) is 12.9. The van der Waals surface area contributed by atoms with Crippen LogP contribution in [0, 0.1) is 6.92 Å². The summed E-state index contributed by atoms with van der Waals surface area (Å²) in [5, 5.41) is 2.63. The standard InChI is InChI=1S/C13H11N7O/c1-9-14-5-6-20(9)11-7-10(17-8-18-11)19-13(21)12-15-3-2-4-16-12/h2-8H,1H3,(H,17,18,19,21). The van der Waals surface area contributed by atoms with Crippen molar-refractivity contribution in [3.8, 4) is 5.82 Å². The molecule has 0 saturated heterocycles. The number of carbonyl (C=O) groups is 1. The van der Waals surface area contributed by atoms with Crippen LogP contribution in [0.4, 0.5) is 5.82 Å². The molecule has 0 spiro atoms. The molecule has 0 aliphatic heterocycles. The lowest BCUT2D eigenvalue weighted by Gasteiger charge is -2.06. The Bertz CT molecular complexity index is 769. The molecule has 0 aliphatic carbocycles. The quantitative estimate of drug-likeness (QED) is 0.769. The summed E-state index contributed by atoms with van der Waals surface area (Å²) in [6, 6.07) is 3.29. The van der Waals surface area contributed by atoms with Crippen LogP contribution < -0.4 is 5.32 Å². The normalized spacial score (nSPS) is 10.3. The van der Waals surface area contributed by atoms with Gasteiger partial charge in [-0.1, -0.05) is 0 Å². The van der Waals surface area contributed by atoms with Gasteiger partial charge < -0.3 is 5.32 Å². The number of nitrogens with zero attached hydrogens (tertiary/aromatic N) is 6. The molecule has 0 bridgehead atoms. The number of rotatable bonds is 3. The zero-order valence-electron chi connectivity index (χ0n) is 11.1. The first-order chi connectivity index (χ1) is 10.2. The number of imidazole rings is 1. The zero-order valence-corrected chi connectivity index (χ0v) is 11.1. The average Bonchev–Trinajstić information content (AvgIpc) is 2.94. The molecule has 0 radical (unpaired) electrons. The molecule has 0 unspecified atom stereocenters. The molecule has 1 amide bonds. The van der Waals surface area contributed by atoms with Gasteiger partial charge in [0.05, 0.1) is 0 Å². The fourth-order valence-corrected chi connectivity index (χ4v) is 1.76. The van der Waals surface area contributed by atoms with E-state index in [1.807, 2.05) is 6.92 Å². The third-order valence-electron chi connectivity index (χ3n) is 2.74. The lowest BCUT2D eigenvalue weighted by atomic mass is 10.4. The predicted octanol–water partition coefficient (Wildman–Crippen LogP) is 1.01. The SMILES string of the molecule is Cc1nccn1-c1cc(NC(=O)c2ncccn2)ncn1. The molecule has 104 valence electrons. The number of hydrogen-bond acceptors (Lipinski definition) is 6. The molecule has 8 heteroatoms. The van der Waals surface area contributed by atoms with Gasteiger partial charge >= 0.3 is 0 Å². The van der Waals surface area contributed by atoms with E-state index in [1.54, 1.807) is 29.1 Å². The molecule has 3 heterocycles. The minimum atomic E-state index is -0.428. The minimum absolute atomic E-state index is 0.0801. The van der Waals surface area contributed by atoms with Crippen LogP contribution in [0.25, 0.3) is 5.82 Å². The van der Waals surface area contributed by atoms with Gasteiger partial charge in [0, 0.05) is 30.9 Å². The van der Waals surface area contributed by atoms with Crippen molar-refractivity contribution in [2.24, 2.45) is 0 Å². The van der Waals surface area contributed by atoms with Crippen LogP contribution in [0.1, 0.15) is 16.4 Å². The average molecular weight is 281 g/mol. The second-order valence-electron chi connectivity index (χ2n) is 4.13. The Balaban J connectivity index is 1.84. The Morgan fingerprint density at radius 1 is 1.10 bits per heavy atom. The fraction of sp³-hybridized carbons (Fsp3) is 0.0769. The molecule has 1 N–H and O–H groups in total. The summed E-state index contributed by atoms with van der Waals surface area (Å²) < 4.78 is 1.79. The van der Waals surface area contributed by atoms with E-state index in [4.69, 9.17) is 0 Å². The van der Waals surface area contributed by atoms with E-state index in [-0.39, 0.29) is 5.82 Å². The van der Waals surface area contributed by atoms with Crippen molar-refractivity contribution in [2.75, 3.05) is 5.32 Å². The first-order valence-corrected chi connectivity index (χ1v) is 6.15. The van der Waals surface area contributed by atoms with Crippen LogP contribution in [-0.4, -0.2) is 35.4 Å². The number of aromatic nitrogens is 6. The highest BCUT2D eigenvalue weighted by atomic mass is 16.2. The summed E-state index contributed by atoms with van der Waals surface area (Å²) in [5.74, 6) is 1.42. The van der Waals surface area contributed by atoms with E-state index in [1.165, 1.54) is 18.7 Å². The summed E-state index contributed by atoms with van der Waals surface area (Å²) in [6.07, 6.45) is 7.83. The van der Waals surface area contributed by atoms with Crippen molar-refractivity contribution in [1.82, 2.24) is 29.5 Å². The second kappa shape index (κ2) is 5.45. The monoisotopic (exact) mass is 281 g/mol. The predicted molar refractivity (Wildman–Crippen MR) is 73.9 cm³/mol. The van der Waals surface area contributed by atoms with E-state index < -0.39 is 5.91 Å². The van der Waals surface area contributed by atoms with Crippen molar-refractivity contribution < 1.29 is 4.79 Å². The van der Waals surface area contributed by atoms with Gasteiger partial charge in [-0.2, -0.15) is 0 Å². The van der Waals surface area contributed by atoms with E-state index >= 15 is 0 Å². The molecule has 0 aliphatic rings. The van der Waals surface area contributed by atoms with Gasteiger partial charge in [-0.15, -0.1) is 0 Å². The van der Waals surface area contributed by atoms with Crippen LogP contribution in [0.15, 0.2) is 43.2 Å². The molecular weight excluding hydrogens is 270 g/mol. The number of carbonyl (C=O) groups excluding carboxylic acids is 1. The van der Waals surface area contributed by atoms with Crippen LogP contribution >= 0.6 is 0 Å². The highest BCUT2D eigenvalue weighted by Crippen LogP contribution is 2.11. The van der Waals surface area contributed by atoms with Crippen molar-refractivity contribution in [3.05, 3.63) is 54.9 Å². The van der Waals surface area contributed by atoms with E-state index in [0.29, 0.717) is 11.6 Å². The maximum Gasteiger partial charge on any atom is 0.294 e. The van der Waals surface area contributed by atoms with Crippen LogP contribution in [0.3, 0.4) is 0 Å². The Morgan fingerprint density at radius 3 is 2.62 bits per heavy atom. The Labute approximate surface area is 120 Å². The van der Waals surface area contributed by atoms with Crippen LogP contribution in [0.5, 0.6) is 0 Å². The van der Waals surface area contributed by atoms with E-state index in [0.717, 1.165) is 5.82 Å². The Morgan fingerprint density at radius 2 is 1.90 bits per heavy atom. The zero-order chi connectivity index (χ0) is 14.7. The Hall–Kier alpha value is -3.16. The van der Waals surface area contributed by atoms with Crippen LogP contribution in [-0.2, 0) is 0 Å². The molecule has 8 nitrogen and oxygen atoms in total. The number of amides is 1. The number of hydrogen-bond donors (Lipinski definition) is 1. The maximum atomic E-state index is 12.0. The highest BCUT2D eigenvalue weighted by Gasteiger charge is 2.10. The van der Waals surface area contributed by atoms with Gasteiger partial charge in [0.15, 0.2) is 0 Å². The molecule has 0 saturated carbocycles. The fourth-order valence-electron chi connectivity index (χ4n) is 1.76. The summed E-state index contributed by atoms with van der Waals surface area (Å²) in [7, 11) is 0. The summed E-state index contributed by atoms with van der Waals surface area (Å²) >= 11 is 0. The van der Waals surface area contributed by atoms with Gasteiger partial charge in [0.1, 0.15) is 23.8 Å². The molecule has 21 heavy (non-hydrogen) atoms. The molecular formula is C13H11N7O. The number of anilines is 1. The molecule has 0 aromatic carbocycles. The third-order valence-corrected chi connectivity index (χ3v) is 2.74. The largest absolute Gasteiger partial charge is 0.304 e. The summed E-state index contributed by atoms with van der Waals surface area (Å²) in [5.41, 5.74) is 0. The van der Waals surface area contributed by atoms with Crippen molar-refractivity contribution in [2.45, 2.75) is 6.92 Å². The van der Waals surface area contributed by atoms with E-state index in [9.17, 15) is 4.79 Å². The lowest BCUT2D eigenvalue weighted by Crippen LogP contribution is -2.16. The van der Waals surface area contributed by atoms with Gasteiger partial charge in [0.2, 0.25) is 5.82 Å². The van der Waals surface area contributed by atoms with Gasteiger partial charge in [0.25, 0.3) is 5.91 Å². The topological polar surface area (TPSA) is 98.5 Å². The second-order valence-corrected chi connectivity index (χ2v) is 4.13. The molecule has 0 atom stereocenters. The Kier molecular flexibility index (Phi) is 3.34. The smallest absolute Gasteiger partial charge is 0.294 e. The lowest BCUT2D eigenvalue weighted by molar-refractivity contribution is 0.101. The van der Waals surface area contributed by atoms with Crippen LogP contribution in [0.2, 0.25) is 0 Å². The molecule has 3 rings (SSSR count). The van der Waals surface area contributed by atoms with Gasteiger partial charge in [-0.25, -0.2) is 24.9 Å². The molecule has 3 aromatic rings. The van der Waals surface area contributed by atoms with Crippen molar-refractivity contribution in [3.63, 3.8) is 0 Å². The summed E-state index contributed by atoms with van der Waals surface area (Å²) in [6.45, 7) is 1.86. The number of nitrogens with one attached hydrogen (secondary N) is 1. The molecule has 3 aromatic heterocycles. The maximum absolute atomic E-state index is 12.0. The minimum Gasteiger partial charge on any atom is -0.304 e. The van der Waals surface area contributed by atoms with Crippen molar-refractivity contribution >= 4 is 11.7 Å². The third kappa shape index (κ3) is 2.73. The van der Waals surface area contributed by atoms with Gasteiger partial charge in [-0.3, -0.25) is 9.36 Å². The first-order valence-electron chi connectivity index (χ1n) is 6.15. The van der Waals surface area contributed by atoms with E-state index in [2.05, 4.69) is 30.2 Å². The highest BCUT2D eigenvalue weighted by molar-refractivity contribution is 6.00. The summed E-state index contributed by atoms with van der Waals surface area (Å²) in [4.78, 5) is 32.0. The number of aryl methyl sites for hydroxylation is 1. The molecule has 0 fully saturated rings.